The largest absolute Gasteiger partial charge is 0.346 e. The lowest BCUT2D eigenvalue weighted by atomic mass is 10.2. The van der Waals surface area contributed by atoms with E-state index in [1.807, 2.05) is 11.8 Å². The summed E-state index contributed by atoms with van der Waals surface area (Å²) in [4.78, 5) is 16.8. The Morgan fingerprint density at radius 1 is 1.56 bits per heavy atom. The van der Waals surface area contributed by atoms with Gasteiger partial charge in [-0.1, -0.05) is 11.8 Å². The second kappa shape index (κ2) is 4.03. The predicted octanol–water partition coefficient (Wildman–Crippen LogP) is 0.123. The molecular weight excluding hydrogens is 248 g/mol. The van der Waals surface area contributed by atoms with Gasteiger partial charge in [-0.15, -0.1) is 0 Å². The summed E-state index contributed by atoms with van der Waals surface area (Å²) in [6, 6.07) is -0.00176. The molecule has 2 saturated heterocycles. The van der Waals surface area contributed by atoms with Gasteiger partial charge in [0.15, 0.2) is 15.0 Å². The van der Waals surface area contributed by atoms with Gasteiger partial charge in [0.25, 0.3) is 0 Å². The average molecular weight is 262 g/mol. The van der Waals surface area contributed by atoms with Gasteiger partial charge in [0, 0.05) is 18.7 Å². The molecule has 0 aromatic heterocycles. The minimum atomic E-state index is -2.90. The molecule has 2 aliphatic rings. The van der Waals surface area contributed by atoms with Crippen molar-refractivity contribution in [3.8, 4) is 0 Å². The number of carbonyl (C=O) groups excluding carboxylic acids is 1. The van der Waals surface area contributed by atoms with Crippen LogP contribution in [0.3, 0.4) is 0 Å². The molecule has 2 atom stereocenters. The summed E-state index contributed by atoms with van der Waals surface area (Å²) in [5.41, 5.74) is 0. The van der Waals surface area contributed by atoms with Crippen molar-refractivity contribution in [2.45, 2.75) is 25.1 Å². The first-order chi connectivity index (χ1) is 7.43. The van der Waals surface area contributed by atoms with Gasteiger partial charge < -0.3 is 4.90 Å². The van der Waals surface area contributed by atoms with Crippen LogP contribution >= 0.6 is 11.8 Å². The van der Waals surface area contributed by atoms with Crippen molar-refractivity contribution in [1.29, 1.82) is 0 Å². The van der Waals surface area contributed by atoms with Crippen molar-refractivity contribution in [3.05, 3.63) is 0 Å². The number of hydrogen-bond acceptors (Lipinski definition) is 4. The van der Waals surface area contributed by atoms with Crippen LogP contribution in [0.4, 0.5) is 0 Å². The van der Waals surface area contributed by atoms with Gasteiger partial charge in [-0.3, -0.25) is 4.79 Å². The summed E-state index contributed by atoms with van der Waals surface area (Å²) in [6.45, 7) is 4.05. The molecule has 0 aromatic carbocycles. The summed E-state index contributed by atoms with van der Waals surface area (Å²) in [5.74, 6) is 0.161. The molecule has 90 valence electrons. The first kappa shape index (κ1) is 11.9. The van der Waals surface area contributed by atoms with E-state index in [1.165, 1.54) is 18.7 Å². The second-order valence-corrected chi connectivity index (χ2v) is 7.36. The Bertz CT molecular complexity index is 444. The highest BCUT2D eigenvalue weighted by atomic mass is 32.2. The number of carbonyl (C=O) groups is 1. The lowest BCUT2D eigenvalue weighted by Gasteiger charge is -2.21. The number of rotatable bonds is 1. The van der Waals surface area contributed by atoms with Gasteiger partial charge in [0.1, 0.15) is 0 Å². The number of thioether (sulfide) groups is 1. The van der Waals surface area contributed by atoms with Crippen molar-refractivity contribution < 1.29 is 13.2 Å². The Balaban J connectivity index is 2.25. The highest BCUT2D eigenvalue weighted by molar-refractivity contribution is 8.15. The monoisotopic (exact) mass is 262 g/mol. The van der Waals surface area contributed by atoms with Gasteiger partial charge >= 0.3 is 0 Å². The highest BCUT2D eigenvalue weighted by Crippen LogP contribution is 2.37. The van der Waals surface area contributed by atoms with Crippen molar-refractivity contribution in [1.82, 2.24) is 4.90 Å². The summed E-state index contributed by atoms with van der Waals surface area (Å²) >= 11 is 1.42. The SMILES string of the molecule is CCN1C(=NC(C)=O)SC2CS(=O)(=O)CC21. The van der Waals surface area contributed by atoms with Crippen LogP contribution in [0, 0.1) is 0 Å². The summed E-state index contributed by atoms with van der Waals surface area (Å²) in [7, 11) is -2.90. The molecule has 2 aliphatic heterocycles. The summed E-state index contributed by atoms with van der Waals surface area (Å²) in [5, 5.41) is 0.725. The Labute approximate surface area is 99.2 Å². The minimum absolute atomic E-state index is 0.00176. The average Bonchev–Trinajstić information content (AvgIpc) is 2.54. The predicted molar refractivity (Wildman–Crippen MR) is 64.3 cm³/mol. The Hall–Kier alpha value is -0.560. The van der Waals surface area contributed by atoms with Crippen LogP contribution < -0.4 is 0 Å². The van der Waals surface area contributed by atoms with Crippen LogP contribution in [0.1, 0.15) is 13.8 Å². The highest BCUT2D eigenvalue weighted by Gasteiger charge is 2.48. The van der Waals surface area contributed by atoms with Gasteiger partial charge in [0.05, 0.1) is 17.5 Å². The van der Waals surface area contributed by atoms with E-state index >= 15 is 0 Å². The maximum absolute atomic E-state index is 11.5. The normalized spacial score (nSPS) is 34.4. The molecule has 0 N–H and O–H groups in total. The molecule has 7 heteroatoms. The second-order valence-electron chi connectivity index (χ2n) is 4.00. The van der Waals surface area contributed by atoms with Crippen LogP contribution in [0.2, 0.25) is 0 Å². The first-order valence-corrected chi connectivity index (χ1v) is 7.86. The van der Waals surface area contributed by atoms with Gasteiger partial charge in [-0.05, 0) is 6.92 Å². The van der Waals surface area contributed by atoms with E-state index in [1.54, 1.807) is 0 Å². The molecule has 0 bridgehead atoms. The first-order valence-electron chi connectivity index (χ1n) is 5.16. The van der Waals surface area contributed by atoms with Crippen molar-refractivity contribution in [3.63, 3.8) is 0 Å². The van der Waals surface area contributed by atoms with Crippen LogP contribution in [0.5, 0.6) is 0 Å². The fourth-order valence-corrected chi connectivity index (χ4v) is 6.20. The number of aliphatic imine (C=N–C) groups is 1. The van der Waals surface area contributed by atoms with Crippen LogP contribution in [0.25, 0.3) is 0 Å². The molecule has 1 amide bonds. The minimum Gasteiger partial charge on any atom is -0.346 e. The number of amides is 1. The maximum atomic E-state index is 11.5. The molecule has 0 spiro atoms. The van der Waals surface area contributed by atoms with Gasteiger partial charge in [-0.2, -0.15) is 4.99 Å². The molecule has 5 nitrogen and oxygen atoms in total. The fourth-order valence-electron chi connectivity index (χ4n) is 2.14. The van der Waals surface area contributed by atoms with Crippen molar-refractivity contribution in [2.75, 3.05) is 18.1 Å². The van der Waals surface area contributed by atoms with E-state index in [-0.39, 0.29) is 28.7 Å². The molecule has 2 rings (SSSR count). The van der Waals surface area contributed by atoms with E-state index in [2.05, 4.69) is 4.99 Å². The zero-order chi connectivity index (χ0) is 11.9. The Kier molecular flexibility index (Phi) is 3.00. The molecule has 2 fully saturated rings. The zero-order valence-electron chi connectivity index (χ0n) is 9.21. The standard InChI is InChI=1S/C9H14N2O3S2/c1-3-11-7-4-16(13,14)5-8(7)15-9(11)10-6(2)12/h7-8H,3-5H2,1-2H3. The van der Waals surface area contributed by atoms with Crippen molar-refractivity contribution in [2.24, 2.45) is 4.99 Å². The Morgan fingerprint density at radius 2 is 2.25 bits per heavy atom. The molecule has 2 heterocycles. The van der Waals surface area contributed by atoms with E-state index in [0.717, 1.165) is 0 Å². The summed E-state index contributed by atoms with van der Waals surface area (Å²) < 4.78 is 23.0. The number of amidine groups is 1. The molecule has 0 saturated carbocycles. The number of sulfone groups is 1. The Morgan fingerprint density at radius 3 is 2.81 bits per heavy atom. The third kappa shape index (κ3) is 2.10. The third-order valence-electron chi connectivity index (χ3n) is 2.77. The molecule has 0 aromatic rings. The van der Waals surface area contributed by atoms with E-state index in [4.69, 9.17) is 0 Å². The molecule has 0 aliphatic carbocycles. The molecular formula is C9H14N2O3S2. The molecule has 0 radical (unpaired) electrons. The lowest BCUT2D eigenvalue weighted by molar-refractivity contribution is -0.115. The number of hydrogen-bond donors (Lipinski definition) is 0. The van der Waals surface area contributed by atoms with Crippen LogP contribution in [-0.2, 0) is 14.6 Å². The maximum Gasteiger partial charge on any atom is 0.244 e. The smallest absolute Gasteiger partial charge is 0.244 e. The number of fused-ring (bicyclic) bond motifs is 1. The molecule has 16 heavy (non-hydrogen) atoms. The zero-order valence-corrected chi connectivity index (χ0v) is 10.8. The fraction of sp³-hybridized carbons (Fsp3) is 0.778. The van der Waals surface area contributed by atoms with E-state index in [9.17, 15) is 13.2 Å². The lowest BCUT2D eigenvalue weighted by Crippen LogP contribution is -2.37. The topological polar surface area (TPSA) is 66.8 Å². The number of nitrogens with zero attached hydrogens (tertiary/aromatic N) is 2. The van der Waals surface area contributed by atoms with Crippen molar-refractivity contribution >= 4 is 32.7 Å². The van der Waals surface area contributed by atoms with Crippen LogP contribution in [0.15, 0.2) is 4.99 Å². The summed E-state index contributed by atoms with van der Waals surface area (Å²) in [6.07, 6.45) is 0. The van der Waals surface area contributed by atoms with Gasteiger partial charge in [-0.25, -0.2) is 8.42 Å². The van der Waals surface area contributed by atoms with Gasteiger partial charge in [0.2, 0.25) is 5.91 Å². The third-order valence-corrected chi connectivity index (χ3v) is 6.02. The van der Waals surface area contributed by atoms with E-state index in [0.29, 0.717) is 11.7 Å². The molecule has 2 unspecified atom stereocenters. The quantitative estimate of drug-likeness (QED) is 0.671. The van der Waals surface area contributed by atoms with E-state index < -0.39 is 9.84 Å². The van der Waals surface area contributed by atoms with Crippen LogP contribution in [-0.4, -0.2) is 53.7 Å².